The minimum absolute atomic E-state index is 0.0897. The molecule has 0 fully saturated rings. The van der Waals surface area contributed by atoms with Crippen molar-refractivity contribution in [2.24, 2.45) is 5.84 Å². The van der Waals surface area contributed by atoms with Crippen LogP contribution in [0.15, 0.2) is 54.3 Å². The maximum atomic E-state index is 12.0. The summed E-state index contributed by atoms with van der Waals surface area (Å²) in [5.74, 6) is 4.98. The molecule has 7 heteroatoms. The predicted molar refractivity (Wildman–Crippen MR) is 87.9 cm³/mol. The van der Waals surface area contributed by atoms with E-state index in [0.717, 1.165) is 6.21 Å². The van der Waals surface area contributed by atoms with Gasteiger partial charge in [0, 0.05) is 11.8 Å². The molecule has 1 amide bonds. The molecule has 22 heavy (non-hydrogen) atoms. The van der Waals surface area contributed by atoms with Crippen molar-refractivity contribution in [3.8, 4) is 5.75 Å². The molecule has 0 bridgehead atoms. The summed E-state index contributed by atoms with van der Waals surface area (Å²) in [6.45, 7) is 3.79. The summed E-state index contributed by atoms with van der Waals surface area (Å²) in [6.07, 6.45) is 5.82. The topological polar surface area (TPSA) is 111 Å². The Kier molecular flexibility index (Phi) is 6.88. The van der Waals surface area contributed by atoms with Gasteiger partial charge in [0.2, 0.25) is 0 Å². The molecule has 6 nitrogen and oxygen atoms in total. The third-order valence-corrected chi connectivity index (χ3v) is 3.05. The predicted octanol–water partition coefficient (Wildman–Crippen LogP) is 1.88. The fourth-order valence-electron chi connectivity index (χ4n) is 1.60. The van der Waals surface area contributed by atoms with Crippen LogP contribution in [0, 0.1) is 5.41 Å². The molecule has 0 heterocycles. The first-order chi connectivity index (χ1) is 10.5. The van der Waals surface area contributed by atoms with E-state index in [-0.39, 0.29) is 23.2 Å². The molecule has 0 spiro atoms. The number of phenolic OH excluding ortho intramolecular Hbond substituents is 1. The van der Waals surface area contributed by atoms with Crippen molar-refractivity contribution in [2.75, 3.05) is 6.54 Å². The fraction of sp³-hybridized carbons (Fsp3) is 0.0667. The molecule has 1 aromatic rings. The molecular weight excluding hydrogens is 304 g/mol. The van der Waals surface area contributed by atoms with E-state index in [2.05, 4.69) is 17.3 Å². The molecule has 0 aliphatic carbocycles. The van der Waals surface area contributed by atoms with Gasteiger partial charge in [0.25, 0.3) is 5.91 Å². The Balaban J connectivity index is 2.85. The molecule has 0 saturated carbocycles. The molecular formula is C15H17ClN4O2. The lowest BCUT2D eigenvalue weighted by molar-refractivity contribution is 0.0956. The molecule has 0 aliphatic rings. The van der Waals surface area contributed by atoms with Crippen LogP contribution < -0.4 is 16.6 Å². The van der Waals surface area contributed by atoms with E-state index < -0.39 is 0 Å². The SMILES string of the molecule is C=CC(/C=C\C=N)=C(/CNC(=O)c1ccc(O)c(Cl)c1)NN. The lowest BCUT2D eigenvalue weighted by atomic mass is 10.1. The molecule has 0 saturated heterocycles. The number of nitrogens with two attached hydrogens (primary N) is 1. The average molecular weight is 321 g/mol. The number of hydrogen-bond acceptors (Lipinski definition) is 5. The van der Waals surface area contributed by atoms with Gasteiger partial charge in [-0.25, -0.2) is 0 Å². The normalized spacial score (nSPS) is 11.7. The van der Waals surface area contributed by atoms with Gasteiger partial charge in [0.15, 0.2) is 0 Å². The second kappa shape index (κ2) is 8.66. The number of carbonyl (C=O) groups excluding carboxylic acids is 1. The third kappa shape index (κ3) is 4.76. The van der Waals surface area contributed by atoms with Crippen LogP contribution in [-0.4, -0.2) is 23.8 Å². The van der Waals surface area contributed by atoms with Crippen LogP contribution in [0.2, 0.25) is 5.02 Å². The van der Waals surface area contributed by atoms with Crippen LogP contribution in [0.3, 0.4) is 0 Å². The van der Waals surface area contributed by atoms with Crippen LogP contribution in [-0.2, 0) is 0 Å². The Bertz CT molecular complexity index is 638. The van der Waals surface area contributed by atoms with Gasteiger partial charge in [-0.3, -0.25) is 10.6 Å². The zero-order chi connectivity index (χ0) is 16.5. The van der Waals surface area contributed by atoms with Crippen molar-refractivity contribution < 1.29 is 9.90 Å². The number of allylic oxidation sites excluding steroid dienone is 4. The second-order valence-electron chi connectivity index (χ2n) is 4.16. The Hall–Kier alpha value is -2.57. The zero-order valence-corrected chi connectivity index (χ0v) is 12.5. The van der Waals surface area contributed by atoms with Gasteiger partial charge in [-0.15, -0.1) is 0 Å². The van der Waals surface area contributed by atoms with Gasteiger partial charge in [-0.1, -0.05) is 30.3 Å². The van der Waals surface area contributed by atoms with E-state index in [4.69, 9.17) is 22.9 Å². The number of carbonyl (C=O) groups is 1. The number of phenols is 1. The summed E-state index contributed by atoms with van der Waals surface area (Å²) in [6, 6.07) is 4.17. The van der Waals surface area contributed by atoms with Crippen LogP contribution in [0.25, 0.3) is 0 Å². The zero-order valence-electron chi connectivity index (χ0n) is 11.8. The lowest BCUT2D eigenvalue weighted by Gasteiger charge is -2.11. The van der Waals surface area contributed by atoms with E-state index in [1.165, 1.54) is 24.3 Å². The van der Waals surface area contributed by atoms with E-state index in [1.54, 1.807) is 12.2 Å². The summed E-state index contributed by atoms with van der Waals surface area (Å²) in [5.41, 5.74) is 3.99. The van der Waals surface area contributed by atoms with Crippen molar-refractivity contribution >= 4 is 23.7 Å². The minimum Gasteiger partial charge on any atom is -0.506 e. The summed E-state index contributed by atoms with van der Waals surface area (Å²) in [4.78, 5) is 12.0. The largest absolute Gasteiger partial charge is 0.506 e. The van der Waals surface area contributed by atoms with Gasteiger partial charge in [0.1, 0.15) is 5.75 Å². The average Bonchev–Trinajstić information content (AvgIpc) is 2.52. The van der Waals surface area contributed by atoms with E-state index in [9.17, 15) is 9.90 Å². The summed E-state index contributed by atoms with van der Waals surface area (Å²) >= 11 is 5.76. The molecule has 0 atom stereocenters. The number of benzene rings is 1. The highest BCUT2D eigenvalue weighted by molar-refractivity contribution is 6.32. The van der Waals surface area contributed by atoms with Crippen molar-refractivity contribution in [3.05, 3.63) is 64.9 Å². The van der Waals surface area contributed by atoms with Crippen molar-refractivity contribution in [1.29, 1.82) is 5.41 Å². The standard InChI is InChI=1S/C15H17ClN4O2/c1-2-10(4-3-7-17)13(20-18)9-19-15(22)11-5-6-14(21)12(16)8-11/h2-8,17,20-21H,1,9,18H2,(H,19,22)/b4-3-,13-10+,17-7?. The number of nitrogens with one attached hydrogen (secondary N) is 3. The smallest absolute Gasteiger partial charge is 0.251 e. The van der Waals surface area contributed by atoms with E-state index in [0.29, 0.717) is 16.8 Å². The Labute approximate surface area is 133 Å². The first-order valence-electron chi connectivity index (χ1n) is 6.29. The Morgan fingerprint density at radius 2 is 2.23 bits per heavy atom. The molecule has 0 radical (unpaired) electrons. The van der Waals surface area contributed by atoms with Crippen LogP contribution >= 0.6 is 11.6 Å². The van der Waals surface area contributed by atoms with Crippen molar-refractivity contribution in [2.45, 2.75) is 0 Å². The second-order valence-corrected chi connectivity index (χ2v) is 4.56. The summed E-state index contributed by atoms with van der Waals surface area (Å²) in [7, 11) is 0. The van der Waals surface area contributed by atoms with Gasteiger partial charge < -0.3 is 21.3 Å². The monoisotopic (exact) mass is 320 g/mol. The summed E-state index contributed by atoms with van der Waals surface area (Å²) < 4.78 is 0. The van der Waals surface area contributed by atoms with Crippen LogP contribution in [0.1, 0.15) is 10.4 Å². The van der Waals surface area contributed by atoms with Crippen LogP contribution in [0.4, 0.5) is 0 Å². The van der Waals surface area contributed by atoms with Gasteiger partial charge >= 0.3 is 0 Å². The van der Waals surface area contributed by atoms with E-state index >= 15 is 0 Å². The Morgan fingerprint density at radius 1 is 1.50 bits per heavy atom. The molecule has 0 unspecified atom stereocenters. The van der Waals surface area contributed by atoms with Crippen molar-refractivity contribution in [1.82, 2.24) is 10.7 Å². The number of aromatic hydroxyl groups is 1. The first kappa shape index (κ1) is 17.5. The maximum absolute atomic E-state index is 12.0. The number of halogens is 1. The highest BCUT2D eigenvalue weighted by Gasteiger charge is 2.09. The highest BCUT2D eigenvalue weighted by Crippen LogP contribution is 2.23. The van der Waals surface area contributed by atoms with Gasteiger partial charge in [-0.2, -0.15) is 0 Å². The first-order valence-corrected chi connectivity index (χ1v) is 6.67. The quantitative estimate of drug-likeness (QED) is 0.228. The van der Waals surface area contributed by atoms with Crippen molar-refractivity contribution in [3.63, 3.8) is 0 Å². The maximum Gasteiger partial charge on any atom is 0.251 e. The molecule has 0 aliphatic heterocycles. The fourth-order valence-corrected chi connectivity index (χ4v) is 1.78. The Morgan fingerprint density at radius 3 is 2.77 bits per heavy atom. The molecule has 0 aromatic heterocycles. The molecule has 116 valence electrons. The number of hydrazine groups is 1. The molecule has 1 aromatic carbocycles. The van der Waals surface area contributed by atoms with Crippen LogP contribution in [0.5, 0.6) is 5.75 Å². The number of rotatable bonds is 7. The van der Waals surface area contributed by atoms with E-state index in [1.807, 2.05) is 0 Å². The molecule has 1 rings (SSSR count). The van der Waals surface area contributed by atoms with Gasteiger partial charge in [-0.05, 0) is 29.8 Å². The molecule has 6 N–H and O–H groups in total. The van der Waals surface area contributed by atoms with Gasteiger partial charge in [0.05, 0.1) is 17.3 Å². The summed E-state index contributed by atoms with van der Waals surface area (Å²) in [5, 5.41) is 19.1. The lowest BCUT2D eigenvalue weighted by Crippen LogP contribution is -2.33. The number of hydrogen-bond donors (Lipinski definition) is 5. The minimum atomic E-state index is -0.367. The third-order valence-electron chi connectivity index (χ3n) is 2.75. The highest BCUT2D eigenvalue weighted by atomic mass is 35.5. The number of amides is 1.